The van der Waals surface area contributed by atoms with Crippen LogP contribution in [0.4, 0.5) is 0 Å². The second kappa shape index (κ2) is 8.51. The molecule has 0 aliphatic rings. The second-order valence-corrected chi connectivity index (χ2v) is 3.84. The summed E-state index contributed by atoms with van der Waals surface area (Å²) in [5, 5.41) is 0. The number of allylic oxidation sites excluding steroid dienone is 9. The third kappa shape index (κ3) is 5.30. The van der Waals surface area contributed by atoms with Crippen LogP contribution in [0, 0.1) is 5.92 Å². The maximum Gasteiger partial charge on any atom is 0.165 e. The van der Waals surface area contributed by atoms with Crippen molar-refractivity contribution in [3.05, 3.63) is 60.3 Å². The highest BCUT2D eigenvalue weighted by Crippen LogP contribution is 2.17. The Labute approximate surface area is 105 Å². The summed E-state index contributed by atoms with van der Waals surface area (Å²) >= 11 is 0. The van der Waals surface area contributed by atoms with Crippen molar-refractivity contribution in [1.29, 1.82) is 0 Å². The number of Topliss-reactive ketones (excluding diaryl/α,β-unsaturated/α-hetero) is 1. The topological polar surface area (TPSA) is 17.1 Å². The lowest BCUT2D eigenvalue weighted by Gasteiger charge is -2.11. The fourth-order valence-corrected chi connectivity index (χ4v) is 1.54. The third-order valence-corrected chi connectivity index (χ3v) is 2.57. The smallest absolute Gasteiger partial charge is 0.165 e. The lowest BCUT2D eigenvalue weighted by Crippen LogP contribution is -2.13. The second-order valence-electron chi connectivity index (χ2n) is 3.84. The Morgan fingerprint density at radius 1 is 1.24 bits per heavy atom. The van der Waals surface area contributed by atoms with Crippen LogP contribution in [0.1, 0.15) is 27.7 Å². The molecule has 0 aromatic rings. The average Bonchev–Trinajstić information content (AvgIpc) is 2.34. The Morgan fingerprint density at radius 3 is 2.35 bits per heavy atom. The first kappa shape index (κ1) is 15.4. The van der Waals surface area contributed by atoms with E-state index in [1.807, 2.05) is 64.2 Å². The molecule has 0 aliphatic heterocycles. The molecule has 0 aliphatic carbocycles. The minimum absolute atomic E-state index is 0.0930. The van der Waals surface area contributed by atoms with Gasteiger partial charge >= 0.3 is 0 Å². The van der Waals surface area contributed by atoms with Gasteiger partial charge in [0.25, 0.3) is 0 Å². The molecule has 92 valence electrons. The normalized spacial score (nSPS) is 15.5. The molecule has 0 amide bonds. The van der Waals surface area contributed by atoms with Gasteiger partial charge in [0.2, 0.25) is 0 Å². The zero-order chi connectivity index (χ0) is 13.3. The van der Waals surface area contributed by atoms with Gasteiger partial charge in [0.1, 0.15) is 0 Å². The fraction of sp³-hybridized carbons (Fsp3) is 0.312. The Kier molecular flexibility index (Phi) is 7.70. The largest absolute Gasteiger partial charge is 0.294 e. The molecule has 0 spiro atoms. The summed E-state index contributed by atoms with van der Waals surface area (Å²) in [7, 11) is 0. The first-order valence-electron chi connectivity index (χ1n) is 5.87. The molecule has 0 aromatic carbocycles. The Balaban J connectivity index is 4.86. The van der Waals surface area contributed by atoms with Crippen molar-refractivity contribution < 1.29 is 4.79 Å². The lowest BCUT2D eigenvalue weighted by molar-refractivity contribution is -0.117. The van der Waals surface area contributed by atoms with Crippen LogP contribution in [-0.4, -0.2) is 5.78 Å². The summed E-state index contributed by atoms with van der Waals surface area (Å²) in [6.45, 7) is 11.3. The fourth-order valence-electron chi connectivity index (χ4n) is 1.54. The summed E-state index contributed by atoms with van der Waals surface area (Å²) in [4.78, 5) is 12.1. The molecule has 1 unspecified atom stereocenters. The highest BCUT2D eigenvalue weighted by molar-refractivity contribution is 5.98. The average molecular weight is 230 g/mol. The van der Waals surface area contributed by atoms with Gasteiger partial charge in [-0.2, -0.15) is 0 Å². The zero-order valence-electron chi connectivity index (χ0n) is 11.2. The molecule has 0 rings (SSSR count). The monoisotopic (exact) mass is 230 g/mol. The molecule has 0 N–H and O–H groups in total. The van der Waals surface area contributed by atoms with Crippen LogP contribution in [0.2, 0.25) is 0 Å². The summed E-state index contributed by atoms with van der Waals surface area (Å²) in [6, 6.07) is 0. The van der Waals surface area contributed by atoms with Crippen LogP contribution in [0.3, 0.4) is 0 Å². The minimum atomic E-state index is -0.0930. The van der Waals surface area contributed by atoms with Crippen LogP contribution in [0.15, 0.2) is 60.3 Å². The zero-order valence-corrected chi connectivity index (χ0v) is 11.2. The van der Waals surface area contributed by atoms with Gasteiger partial charge in [-0.05, 0) is 31.9 Å². The first-order chi connectivity index (χ1) is 8.08. The number of hydrogen-bond acceptors (Lipinski definition) is 1. The Hall–Kier alpha value is -1.63. The van der Waals surface area contributed by atoms with E-state index in [0.717, 1.165) is 11.1 Å². The standard InChI is InChI=1S/C16H22O/c1-6-9-10-12-13(4)16(17)14(5)15(8-3)11-7-2/h6-12,14H,1H2,2-5H3/b10-9-,11-7-,13-12+,15-8+. The van der Waals surface area contributed by atoms with E-state index in [1.54, 1.807) is 6.08 Å². The number of rotatable bonds is 6. The summed E-state index contributed by atoms with van der Waals surface area (Å²) in [5.41, 5.74) is 1.82. The van der Waals surface area contributed by atoms with E-state index in [-0.39, 0.29) is 11.7 Å². The van der Waals surface area contributed by atoms with Crippen molar-refractivity contribution in [2.24, 2.45) is 5.92 Å². The van der Waals surface area contributed by atoms with Crippen molar-refractivity contribution in [3.63, 3.8) is 0 Å². The van der Waals surface area contributed by atoms with E-state index in [0.29, 0.717) is 0 Å². The molecule has 1 nitrogen and oxygen atoms in total. The molecule has 1 atom stereocenters. The molecule has 0 fully saturated rings. The number of ketones is 1. The highest BCUT2D eigenvalue weighted by atomic mass is 16.1. The summed E-state index contributed by atoms with van der Waals surface area (Å²) < 4.78 is 0. The molecule has 0 bridgehead atoms. The van der Waals surface area contributed by atoms with Crippen LogP contribution in [0.5, 0.6) is 0 Å². The van der Waals surface area contributed by atoms with E-state index in [1.165, 1.54) is 0 Å². The van der Waals surface area contributed by atoms with Crippen LogP contribution in [-0.2, 0) is 4.79 Å². The van der Waals surface area contributed by atoms with Gasteiger partial charge < -0.3 is 0 Å². The summed E-state index contributed by atoms with van der Waals surface area (Å²) in [6.07, 6.45) is 13.1. The van der Waals surface area contributed by atoms with Crippen molar-refractivity contribution in [3.8, 4) is 0 Å². The molecule has 0 saturated carbocycles. The van der Waals surface area contributed by atoms with Crippen LogP contribution in [0.25, 0.3) is 0 Å². The van der Waals surface area contributed by atoms with E-state index in [4.69, 9.17) is 0 Å². The van der Waals surface area contributed by atoms with Gasteiger partial charge in [-0.25, -0.2) is 0 Å². The van der Waals surface area contributed by atoms with Gasteiger partial charge in [0.15, 0.2) is 5.78 Å². The van der Waals surface area contributed by atoms with Gasteiger partial charge in [-0.15, -0.1) is 0 Å². The molecule has 0 heterocycles. The molecule has 0 radical (unpaired) electrons. The SMILES string of the molecule is C=C/C=C\C=C(/C)C(=O)C(C)C(/C=C\C)=C/C. The maximum absolute atomic E-state index is 12.1. The van der Waals surface area contributed by atoms with Crippen LogP contribution >= 0.6 is 0 Å². The van der Waals surface area contributed by atoms with Gasteiger partial charge in [-0.3, -0.25) is 4.79 Å². The predicted molar refractivity (Wildman–Crippen MR) is 75.8 cm³/mol. The predicted octanol–water partition coefficient (Wildman–Crippen LogP) is 4.40. The minimum Gasteiger partial charge on any atom is -0.294 e. The maximum atomic E-state index is 12.1. The Morgan fingerprint density at radius 2 is 1.88 bits per heavy atom. The quantitative estimate of drug-likeness (QED) is 0.488. The van der Waals surface area contributed by atoms with E-state index in [2.05, 4.69) is 6.58 Å². The number of hydrogen-bond donors (Lipinski definition) is 0. The van der Waals surface area contributed by atoms with Crippen molar-refractivity contribution in [2.45, 2.75) is 27.7 Å². The van der Waals surface area contributed by atoms with E-state index < -0.39 is 0 Å². The molecular formula is C16H22O. The number of carbonyl (C=O) groups is 1. The van der Waals surface area contributed by atoms with Gasteiger partial charge in [0.05, 0.1) is 0 Å². The van der Waals surface area contributed by atoms with Crippen molar-refractivity contribution in [1.82, 2.24) is 0 Å². The van der Waals surface area contributed by atoms with E-state index in [9.17, 15) is 4.79 Å². The van der Waals surface area contributed by atoms with Crippen LogP contribution < -0.4 is 0 Å². The van der Waals surface area contributed by atoms with Gasteiger partial charge in [-0.1, -0.05) is 56.0 Å². The molecule has 0 aromatic heterocycles. The third-order valence-electron chi connectivity index (χ3n) is 2.57. The highest BCUT2D eigenvalue weighted by Gasteiger charge is 2.16. The van der Waals surface area contributed by atoms with E-state index >= 15 is 0 Å². The molecule has 1 heteroatoms. The molecule has 17 heavy (non-hydrogen) atoms. The molecular weight excluding hydrogens is 208 g/mol. The number of carbonyl (C=O) groups excluding carboxylic acids is 1. The summed E-state index contributed by atoms with van der Waals surface area (Å²) in [5.74, 6) is 0.0643. The molecule has 0 saturated heterocycles. The van der Waals surface area contributed by atoms with Gasteiger partial charge in [0, 0.05) is 5.92 Å². The Bertz CT molecular complexity index is 378. The lowest BCUT2D eigenvalue weighted by atomic mass is 9.92. The van der Waals surface area contributed by atoms with Crippen molar-refractivity contribution in [2.75, 3.05) is 0 Å². The van der Waals surface area contributed by atoms with Crippen molar-refractivity contribution >= 4 is 5.78 Å². The first-order valence-corrected chi connectivity index (χ1v) is 5.87.